The Labute approximate surface area is 122 Å². The molecule has 18 heavy (non-hydrogen) atoms. The monoisotopic (exact) mass is 326 g/mol. The predicted molar refractivity (Wildman–Crippen MR) is 87.3 cm³/mol. The van der Waals surface area contributed by atoms with Crippen molar-refractivity contribution in [3.05, 3.63) is 0 Å². The van der Waals surface area contributed by atoms with E-state index >= 15 is 0 Å². The molecule has 0 N–H and O–H groups in total. The maximum absolute atomic E-state index is 5.53. The summed E-state index contributed by atoms with van der Waals surface area (Å²) < 4.78 is 11.0. The second-order valence-corrected chi connectivity index (χ2v) is 12.1. The molecule has 0 aromatic rings. The van der Waals surface area contributed by atoms with Crippen molar-refractivity contribution in [2.75, 3.05) is 12.4 Å². The average Bonchev–Trinajstić information content (AvgIpc) is 2.50. The van der Waals surface area contributed by atoms with Crippen LogP contribution in [0, 0.1) is 0 Å². The molecule has 0 saturated carbocycles. The molecular weight excluding hydrogens is 307 g/mol. The Bertz CT molecular complexity index is 400. The summed E-state index contributed by atoms with van der Waals surface area (Å²) in [4.78, 5) is 4.33. The largest absolute Gasteiger partial charge is 0.328 e. The van der Waals surface area contributed by atoms with Crippen molar-refractivity contribution >= 4 is 51.4 Å². The van der Waals surface area contributed by atoms with Gasteiger partial charge in [-0.05, 0) is 39.5 Å². The number of aliphatic imine (C=N–C) groups is 1. The van der Waals surface area contributed by atoms with Gasteiger partial charge in [0.05, 0.1) is 12.3 Å². The molecular formula is C10H19N2O2PS3. The average molecular weight is 326 g/mol. The summed E-state index contributed by atoms with van der Waals surface area (Å²) in [5.74, 6) is 0.855. The summed E-state index contributed by atoms with van der Waals surface area (Å²) in [6.45, 7) is 10.5. The van der Waals surface area contributed by atoms with Crippen LogP contribution >= 0.6 is 28.8 Å². The Balaban J connectivity index is 2.74. The Morgan fingerprint density at radius 1 is 1.50 bits per heavy atom. The smallest absolute Gasteiger partial charge is 0.321 e. The lowest BCUT2D eigenvalue weighted by Gasteiger charge is -2.17. The van der Waals surface area contributed by atoms with Crippen LogP contribution in [0.25, 0.3) is 0 Å². The van der Waals surface area contributed by atoms with E-state index in [2.05, 4.69) is 10.1 Å². The standard InChI is InChI=1S/C10H19N2O2PS3/c1-6-13-15(16,17-7-2)14-12-9-8(3)11-10(4,5)18-9/h6-7H2,1-5H3. The van der Waals surface area contributed by atoms with E-state index < -0.39 is 5.69 Å². The SMILES string of the molecule is CCOP(=S)(ON=C1SC(C)(C)N=C1C)SCC. The lowest BCUT2D eigenvalue weighted by molar-refractivity contribution is 0.281. The van der Waals surface area contributed by atoms with Gasteiger partial charge in [-0.15, -0.1) is 0 Å². The van der Waals surface area contributed by atoms with E-state index in [1.807, 2.05) is 34.6 Å². The fourth-order valence-electron chi connectivity index (χ4n) is 1.36. The van der Waals surface area contributed by atoms with Crippen molar-refractivity contribution in [1.29, 1.82) is 0 Å². The summed E-state index contributed by atoms with van der Waals surface area (Å²) >= 11 is 8.50. The van der Waals surface area contributed by atoms with Crippen LogP contribution in [0.15, 0.2) is 10.1 Å². The van der Waals surface area contributed by atoms with Crippen LogP contribution in [-0.2, 0) is 21.0 Å². The Hall–Kier alpha value is 0.450. The first-order valence-corrected chi connectivity index (χ1v) is 10.8. The van der Waals surface area contributed by atoms with E-state index in [0.717, 1.165) is 16.5 Å². The van der Waals surface area contributed by atoms with Gasteiger partial charge in [0.2, 0.25) is 0 Å². The van der Waals surface area contributed by atoms with Crippen LogP contribution in [0.5, 0.6) is 0 Å². The van der Waals surface area contributed by atoms with E-state index in [9.17, 15) is 0 Å². The second kappa shape index (κ2) is 6.75. The van der Waals surface area contributed by atoms with E-state index in [1.165, 1.54) is 11.4 Å². The molecule has 0 saturated heterocycles. The number of hydrogen-bond donors (Lipinski definition) is 0. The predicted octanol–water partition coefficient (Wildman–Crippen LogP) is 4.27. The topological polar surface area (TPSA) is 43.2 Å². The highest BCUT2D eigenvalue weighted by atomic mass is 32.9. The van der Waals surface area contributed by atoms with E-state index in [4.69, 9.17) is 21.0 Å². The van der Waals surface area contributed by atoms with Crippen molar-refractivity contribution in [1.82, 2.24) is 0 Å². The molecule has 1 unspecified atom stereocenters. The molecule has 1 rings (SSSR count). The molecule has 104 valence electrons. The van der Waals surface area contributed by atoms with E-state index in [1.54, 1.807) is 11.8 Å². The first-order valence-electron chi connectivity index (χ1n) is 5.73. The minimum atomic E-state index is -2.35. The summed E-state index contributed by atoms with van der Waals surface area (Å²) in [5, 5.41) is 4.95. The molecule has 0 aromatic heterocycles. The van der Waals surface area contributed by atoms with Crippen molar-refractivity contribution in [2.45, 2.75) is 39.5 Å². The number of hydrogen-bond acceptors (Lipinski definition) is 7. The third kappa shape index (κ3) is 4.85. The normalized spacial score (nSPS) is 23.8. The minimum Gasteiger partial charge on any atom is -0.328 e. The van der Waals surface area contributed by atoms with Gasteiger partial charge in [0.15, 0.2) is 5.04 Å². The summed E-state index contributed by atoms with van der Waals surface area (Å²) in [5.41, 5.74) is -1.45. The van der Waals surface area contributed by atoms with Crippen LogP contribution in [0.3, 0.4) is 0 Å². The lowest BCUT2D eigenvalue weighted by Crippen LogP contribution is -2.06. The maximum atomic E-state index is 5.53. The van der Waals surface area contributed by atoms with Crippen LogP contribution in [-0.4, -0.2) is 28.0 Å². The van der Waals surface area contributed by atoms with Crippen LogP contribution in [0.4, 0.5) is 0 Å². The number of nitrogens with zero attached hydrogens (tertiary/aromatic N) is 2. The molecule has 8 heteroatoms. The molecule has 0 bridgehead atoms. The van der Waals surface area contributed by atoms with Gasteiger partial charge < -0.3 is 9.15 Å². The van der Waals surface area contributed by atoms with Crippen LogP contribution in [0.1, 0.15) is 34.6 Å². The molecule has 0 radical (unpaired) electrons. The number of rotatable bonds is 6. The van der Waals surface area contributed by atoms with E-state index in [0.29, 0.717) is 6.61 Å². The molecule has 1 atom stereocenters. The summed E-state index contributed by atoms with van der Waals surface area (Å²) in [6, 6.07) is 0. The third-order valence-electron chi connectivity index (χ3n) is 1.89. The zero-order valence-electron chi connectivity index (χ0n) is 11.3. The first kappa shape index (κ1) is 16.5. The second-order valence-electron chi connectivity index (χ2n) is 4.01. The van der Waals surface area contributed by atoms with Crippen LogP contribution < -0.4 is 0 Å². The van der Waals surface area contributed by atoms with Crippen molar-refractivity contribution in [2.24, 2.45) is 10.1 Å². The zero-order valence-corrected chi connectivity index (χ0v) is 14.6. The molecule has 1 aliphatic heterocycles. The quantitative estimate of drug-likeness (QED) is 0.538. The molecule has 1 aliphatic rings. The molecule has 0 aliphatic carbocycles. The van der Waals surface area contributed by atoms with Crippen molar-refractivity contribution in [3.8, 4) is 0 Å². The minimum absolute atomic E-state index is 0.168. The highest BCUT2D eigenvalue weighted by molar-refractivity contribution is 8.67. The van der Waals surface area contributed by atoms with Gasteiger partial charge in [-0.25, -0.2) is 0 Å². The highest BCUT2D eigenvalue weighted by Gasteiger charge is 2.30. The van der Waals surface area contributed by atoms with Crippen molar-refractivity contribution in [3.63, 3.8) is 0 Å². The molecule has 0 spiro atoms. The fourth-order valence-corrected chi connectivity index (χ4v) is 6.41. The summed E-state index contributed by atoms with van der Waals surface area (Å²) in [7, 11) is 0. The van der Waals surface area contributed by atoms with Gasteiger partial charge in [-0.3, -0.25) is 4.99 Å². The maximum Gasteiger partial charge on any atom is 0.321 e. The molecule has 0 aromatic carbocycles. The van der Waals surface area contributed by atoms with Gasteiger partial charge in [-0.2, -0.15) is 0 Å². The number of oxime groups is 1. The van der Waals surface area contributed by atoms with Gasteiger partial charge in [0.25, 0.3) is 0 Å². The van der Waals surface area contributed by atoms with Gasteiger partial charge in [0.1, 0.15) is 4.87 Å². The first-order chi connectivity index (χ1) is 8.32. The van der Waals surface area contributed by atoms with Gasteiger partial charge in [0, 0.05) is 5.75 Å². The lowest BCUT2D eigenvalue weighted by atomic mass is 10.4. The Morgan fingerprint density at radius 3 is 2.61 bits per heavy atom. The van der Waals surface area contributed by atoms with Crippen molar-refractivity contribution < 1.29 is 9.15 Å². The fraction of sp³-hybridized carbons (Fsp3) is 0.800. The van der Waals surface area contributed by atoms with E-state index in [-0.39, 0.29) is 4.87 Å². The zero-order chi connectivity index (χ0) is 13.8. The van der Waals surface area contributed by atoms with Gasteiger partial charge in [-0.1, -0.05) is 35.2 Å². The molecule has 0 fully saturated rings. The summed E-state index contributed by atoms with van der Waals surface area (Å²) in [6.07, 6.45) is 0. The molecule has 1 heterocycles. The third-order valence-corrected chi connectivity index (χ3v) is 8.18. The van der Waals surface area contributed by atoms with Crippen LogP contribution in [0.2, 0.25) is 0 Å². The van der Waals surface area contributed by atoms with Gasteiger partial charge >= 0.3 is 5.69 Å². The Kier molecular flexibility index (Phi) is 6.19. The molecule has 4 nitrogen and oxygen atoms in total. The highest BCUT2D eigenvalue weighted by Crippen LogP contribution is 2.61. The number of thioether (sulfide) groups is 1. The Morgan fingerprint density at radius 2 is 2.17 bits per heavy atom. The molecule has 0 amide bonds.